The van der Waals surface area contributed by atoms with Crippen LogP contribution < -0.4 is 5.32 Å². The van der Waals surface area contributed by atoms with Gasteiger partial charge in [0, 0.05) is 12.6 Å². The van der Waals surface area contributed by atoms with Gasteiger partial charge in [-0.05, 0) is 38.2 Å². The van der Waals surface area contributed by atoms with Crippen LogP contribution in [0.4, 0.5) is 0 Å². The van der Waals surface area contributed by atoms with E-state index < -0.39 is 5.54 Å². The lowest BCUT2D eigenvalue weighted by Gasteiger charge is -2.33. The van der Waals surface area contributed by atoms with Gasteiger partial charge in [0.25, 0.3) is 0 Å². The molecule has 1 N–H and O–H groups in total. The Bertz CT molecular complexity index is 468. The van der Waals surface area contributed by atoms with Gasteiger partial charge in [0.2, 0.25) is 0 Å². The highest BCUT2D eigenvalue weighted by Crippen LogP contribution is 2.34. The molecule has 21 heavy (non-hydrogen) atoms. The third kappa shape index (κ3) is 3.84. The number of hydrogen-bond acceptors (Lipinski definition) is 3. The molecule has 3 nitrogen and oxygen atoms in total. The average Bonchev–Trinajstić information content (AvgIpc) is 2.92. The summed E-state index contributed by atoms with van der Waals surface area (Å²) in [6.07, 6.45) is 5.11. The molecule has 3 atom stereocenters. The van der Waals surface area contributed by atoms with Crippen molar-refractivity contribution in [1.29, 1.82) is 5.26 Å². The highest BCUT2D eigenvalue weighted by Gasteiger charge is 2.45. The number of nitrogens with one attached hydrogen (secondary N) is 1. The minimum Gasteiger partial charge on any atom is -0.375 e. The lowest BCUT2D eigenvalue weighted by Crippen LogP contribution is -2.52. The molecule has 0 unspecified atom stereocenters. The van der Waals surface area contributed by atoms with E-state index in [9.17, 15) is 5.26 Å². The first-order chi connectivity index (χ1) is 10.2. The van der Waals surface area contributed by atoms with E-state index in [1.807, 2.05) is 18.2 Å². The normalized spacial score (nSPS) is 26.4. The van der Waals surface area contributed by atoms with Crippen molar-refractivity contribution in [3.05, 3.63) is 35.9 Å². The van der Waals surface area contributed by atoms with Crippen LogP contribution in [0, 0.1) is 11.3 Å². The van der Waals surface area contributed by atoms with Crippen molar-refractivity contribution in [2.24, 2.45) is 0 Å². The van der Waals surface area contributed by atoms with Crippen LogP contribution in [-0.2, 0) is 4.74 Å². The van der Waals surface area contributed by atoms with Crippen molar-refractivity contribution in [3.8, 4) is 6.07 Å². The number of hydrogen-bond donors (Lipinski definition) is 1. The Hall–Kier alpha value is -1.37. The second-order valence-electron chi connectivity index (χ2n) is 5.97. The van der Waals surface area contributed by atoms with E-state index in [2.05, 4.69) is 37.4 Å². The summed E-state index contributed by atoms with van der Waals surface area (Å²) >= 11 is 0. The van der Waals surface area contributed by atoms with E-state index in [0.29, 0.717) is 0 Å². The van der Waals surface area contributed by atoms with Crippen LogP contribution in [-0.4, -0.2) is 18.2 Å². The zero-order valence-corrected chi connectivity index (χ0v) is 13.1. The maximum Gasteiger partial charge on any atom is 0.133 e. The van der Waals surface area contributed by atoms with Crippen molar-refractivity contribution in [2.45, 2.75) is 63.6 Å². The Morgan fingerprint density at radius 2 is 2.19 bits per heavy atom. The quantitative estimate of drug-likeness (QED) is 0.771. The molecule has 3 heteroatoms. The molecule has 1 aromatic carbocycles. The van der Waals surface area contributed by atoms with Crippen LogP contribution in [0.1, 0.15) is 57.6 Å². The summed E-state index contributed by atoms with van der Waals surface area (Å²) in [6.45, 7) is 5.03. The van der Waals surface area contributed by atoms with Crippen molar-refractivity contribution in [1.82, 2.24) is 5.32 Å². The van der Waals surface area contributed by atoms with Crippen molar-refractivity contribution in [2.75, 3.05) is 6.61 Å². The van der Waals surface area contributed by atoms with Crippen molar-refractivity contribution >= 4 is 0 Å². The molecule has 1 aliphatic carbocycles. The van der Waals surface area contributed by atoms with Gasteiger partial charge in [-0.15, -0.1) is 0 Å². The van der Waals surface area contributed by atoms with Gasteiger partial charge in [-0.3, -0.25) is 5.32 Å². The molecule has 1 aliphatic rings. The van der Waals surface area contributed by atoms with E-state index in [4.69, 9.17) is 4.74 Å². The smallest absolute Gasteiger partial charge is 0.133 e. The summed E-state index contributed by atoms with van der Waals surface area (Å²) in [6, 6.07) is 13.0. The van der Waals surface area contributed by atoms with Gasteiger partial charge in [0.15, 0.2) is 0 Å². The summed E-state index contributed by atoms with van der Waals surface area (Å²) in [7, 11) is 0. The molecule has 2 rings (SSSR count). The number of benzene rings is 1. The molecule has 0 spiro atoms. The maximum atomic E-state index is 9.75. The Morgan fingerprint density at radius 3 is 2.86 bits per heavy atom. The first-order valence-electron chi connectivity index (χ1n) is 8.07. The summed E-state index contributed by atoms with van der Waals surface area (Å²) in [5, 5.41) is 13.3. The summed E-state index contributed by atoms with van der Waals surface area (Å²) < 4.78 is 6.00. The molecule has 0 bridgehead atoms. The van der Waals surface area contributed by atoms with E-state index in [1.54, 1.807) is 0 Å². The fraction of sp³-hybridized carbons (Fsp3) is 0.611. The molecule has 0 saturated heterocycles. The van der Waals surface area contributed by atoms with Crippen molar-refractivity contribution in [3.63, 3.8) is 0 Å². The van der Waals surface area contributed by atoms with Gasteiger partial charge >= 0.3 is 0 Å². The standard InChI is InChI=1S/C18H26N2O/c1-3-4-13-21-17-11-8-12-18(17,14-19)20-15(2)16-9-6-5-7-10-16/h5-7,9-10,15,17,20H,3-4,8,11-13H2,1-2H3/t15-,17+,18+/m0/s1. The van der Waals surface area contributed by atoms with Gasteiger partial charge in [0.05, 0.1) is 12.2 Å². The summed E-state index contributed by atoms with van der Waals surface area (Å²) in [5.74, 6) is 0. The average molecular weight is 286 g/mol. The third-order valence-corrected chi connectivity index (χ3v) is 4.38. The second kappa shape index (κ2) is 7.59. The molecule has 114 valence electrons. The molecule has 0 aromatic heterocycles. The van der Waals surface area contributed by atoms with Crippen LogP contribution in [0.25, 0.3) is 0 Å². The van der Waals surface area contributed by atoms with E-state index in [1.165, 1.54) is 5.56 Å². The fourth-order valence-corrected chi connectivity index (χ4v) is 3.11. The van der Waals surface area contributed by atoms with Crippen LogP contribution in [0.2, 0.25) is 0 Å². The van der Waals surface area contributed by atoms with E-state index in [-0.39, 0.29) is 12.1 Å². The topological polar surface area (TPSA) is 45.0 Å². The minimum atomic E-state index is -0.539. The second-order valence-corrected chi connectivity index (χ2v) is 5.97. The SMILES string of the molecule is CCCCO[C@@H]1CCC[C@]1(C#N)N[C@@H](C)c1ccccc1. The minimum absolute atomic E-state index is 0.0141. The molecule has 1 fully saturated rings. The Kier molecular flexibility index (Phi) is 5.78. The summed E-state index contributed by atoms with van der Waals surface area (Å²) in [4.78, 5) is 0. The molecule has 0 heterocycles. The summed E-state index contributed by atoms with van der Waals surface area (Å²) in [5.41, 5.74) is 0.676. The van der Waals surface area contributed by atoms with Gasteiger partial charge in [0.1, 0.15) is 5.54 Å². The van der Waals surface area contributed by atoms with E-state index in [0.717, 1.165) is 38.7 Å². The van der Waals surface area contributed by atoms with Gasteiger partial charge < -0.3 is 4.74 Å². The third-order valence-electron chi connectivity index (χ3n) is 4.38. The number of rotatable bonds is 7. The zero-order valence-electron chi connectivity index (χ0n) is 13.1. The molecule has 1 aromatic rings. The van der Waals surface area contributed by atoms with Gasteiger partial charge in [-0.1, -0.05) is 43.7 Å². The highest BCUT2D eigenvalue weighted by molar-refractivity contribution is 5.22. The molecular weight excluding hydrogens is 260 g/mol. The molecular formula is C18H26N2O. The largest absolute Gasteiger partial charge is 0.375 e. The zero-order chi connectivity index (χ0) is 15.1. The molecule has 0 aliphatic heterocycles. The first kappa shape index (κ1) is 16.0. The maximum absolute atomic E-state index is 9.75. The van der Waals surface area contributed by atoms with Gasteiger partial charge in [-0.25, -0.2) is 0 Å². The number of nitriles is 1. The Labute approximate surface area is 128 Å². The van der Waals surface area contributed by atoms with Crippen LogP contribution in [0.3, 0.4) is 0 Å². The van der Waals surface area contributed by atoms with E-state index >= 15 is 0 Å². The lowest BCUT2D eigenvalue weighted by atomic mass is 9.94. The van der Waals surface area contributed by atoms with Crippen LogP contribution in [0.15, 0.2) is 30.3 Å². The van der Waals surface area contributed by atoms with Crippen LogP contribution in [0.5, 0.6) is 0 Å². The molecule has 0 amide bonds. The highest BCUT2D eigenvalue weighted by atomic mass is 16.5. The lowest BCUT2D eigenvalue weighted by molar-refractivity contribution is 0.0156. The Balaban J connectivity index is 2.04. The van der Waals surface area contributed by atoms with Crippen LogP contribution >= 0.6 is 0 Å². The monoisotopic (exact) mass is 286 g/mol. The number of unbranched alkanes of at least 4 members (excludes halogenated alkanes) is 1. The van der Waals surface area contributed by atoms with Gasteiger partial charge in [-0.2, -0.15) is 5.26 Å². The molecule has 0 radical (unpaired) electrons. The van der Waals surface area contributed by atoms with Crippen molar-refractivity contribution < 1.29 is 4.74 Å². The molecule has 1 saturated carbocycles. The number of nitrogens with zero attached hydrogens (tertiary/aromatic N) is 1. The first-order valence-corrected chi connectivity index (χ1v) is 8.07. The predicted octanol–water partition coefficient (Wildman–Crippen LogP) is 3.97. The predicted molar refractivity (Wildman–Crippen MR) is 84.8 cm³/mol. The number of ether oxygens (including phenoxy) is 1. The Morgan fingerprint density at radius 1 is 1.43 bits per heavy atom. The fourth-order valence-electron chi connectivity index (χ4n) is 3.11.